The lowest BCUT2D eigenvalue weighted by Gasteiger charge is -2.28. The van der Waals surface area contributed by atoms with Gasteiger partial charge in [-0.1, -0.05) is 30.3 Å². The molecule has 0 bridgehead atoms. The lowest BCUT2D eigenvalue weighted by Crippen LogP contribution is -2.49. The summed E-state index contributed by atoms with van der Waals surface area (Å²) >= 11 is 0. The zero-order chi connectivity index (χ0) is 15.7. The Hall–Kier alpha value is -1.88. The first-order chi connectivity index (χ1) is 10.6. The van der Waals surface area contributed by atoms with Crippen LogP contribution in [0.15, 0.2) is 30.3 Å². The Morgan fingerprint density at radius 3 is 2.59 bits per heavy atom. The molecule has 0 aliphatic carbocycles. The molecule has 22 heavy (non-hydrogen) atoms. The molecule has 2 fully saturated rings. The number of amides is 2. The molecule has 3 rings (SSSR count). The van der Waals surface area contributed by atoms with Gasteiger partial charge in [-0.3, -0.25) is 14.5 Å². The molecule has 0 spiro atoms. The second kappa shape index (κ2) is 6.08. The Balaban J connectivity index is 1.70. The Morgan fingerprint density at radius 1 is 1.23 bits per heavy atom. The third-order valence-electron chi connectivity index (χ3n) is 4.86. The number of rotatable bonds is 3. The molecule has 2 amide bonds. The molecule has 0 saturated carbocycles. The van der Waals surface area contributed by atoms with Gasteiger partial charge in [0, 0.05) is 39.6 Å². The second-order valence-electron chi connectivity index (χ2n) is 6.30. The number of fused-ring (bicyclic) bond motifs is 1. The van der Waals surface area contributed by atoms with Gasteiger partial charge in [-0.15, -0.1) is 0 Å². The van der Waals surface area contributed by atoms with E-state index in [2.05, 4.69) is 34.5 Å². The average molecular weight is 301 g/mol. The number of carbonyl (C=O) groups is 2. The molecule has 2 saturated heterocycles. The molecule has 3 atom stereocenters. The van der Waals surface area contributed by atoms with E-state index in [9.17, 15) is 9.59 Å². The molecule has 1 aromatic carbocycles. The number of nitrogens with one attached hydrogen (secondary N) is 1. The molecule has 118 valence electrons. The van der Waals surface area contributed by atoms with Crippen molar-refractivity contribution < 1.29 is 9.59 Å². The van der Waals surface area contributed by atoms with E-state index in [-0.39, 0.29) is 23.9 Å². The third-order valence-corrected chi connectivity index (χ3v) is 4.86. The van der Waals surface area contributed by atoms with E-state index in [1.807, 2.05) is 6.07 Å². The molecule has 5 nitrogen and oxygen atoms in total. The largest absolute Gasteiger partial charge is 0.357 e. The summed E-state index contributed by atoms with van der Waals surface area (Å²) < 4.78 is 0. The maximum absolute atomic E-state index is 12.0. The molecule has 1 aromatic rings. The standard InChI is InChI=1S/C17H23N3O2/c1-12(21)20-15(17(22)18-2)8-14-10-19(11-16(14)20)9-13-6-4-3-5-7-13/h3-7,14-16H,8-11H2,1-2H3,(H,18,22)/t14-,15-,16+/m1/s1. The van der Waals surface area contributed by atoms with Gasteiger partial charge >= 0.3 is 0 Å². The Labute approximate surface area is 131 Å². The first kappa shape index (κ1) is 15.0. The first-order valence-corrected chi connectivity index (χ1v) is 7.87. The summed E-state index contributed by atoms with van der Waals surface area (Å²) in [5, 5.41) is 2.69. The zero-order valence-electron chi connectivity index (χ0n) is 13.2. The van der Waals surface area contributed by atoms with Crippen molar-refractivity contribution in [2.24, 2.45) is 5.92 Å². The van der Waals surface area contributed by atoms with Crippen LogP contribution in [0.25, 0.3) is 0 Å². The Morgan fingerprint density at radius 2 is 1.95 bits per heavy atom. The second-order valence-corrected chi connectivity index (χ2v) is 6.30. The molecule has 0 unspecified atom stereocenters. The van der Waals surface area contributed by atoms with Crippen LogP contribution in [0, 0.1) is 5.92 Å². The van der Waals surface area contributed by atoms with Gasteiger partial charge in [-0.2, -0.15) is 0 Å². The molecule has 2 aliphatic heterocycles. The summed E-state index contributed by atoms with van der Waals surface area (Å²) in [7, 11) is 1.64. The number of hydrogen-bond acceptors (Lipinski definition) is 3. The summed E-state index contributed by atoms with van der Waals surface area (Å²) in [6, 6.07) is 10.3. The van der Waals surface area contributed by atoms with E-state index in [4.69, 9.17) is 0 Å². The molecule has 0 aromatic heterocycles. The predicted octanol–water partition coefficient (Wildman–Crippen LogP) is 0.854. The highest BCUT2D eigenvalue weighted by Gasteiger charge is 2.49. The zero-order valence-corrected chi connectivity index (χ0v) is 13.2. The summed E-state index contributed by atoms with van der Waals surface area (Å²) in [6.07, 6.45) is 0.773. The third kappa shape index (κ3) is 2.73. The lowest BCUT2D eigenvalue weighted by molar-refractivity contribution is -0.138. The summed E-state index contributed by atoms with van der Waals surface area (Å²) in [5.41, 5.74) is 1.29. The minimum absolute atomic E-state index is 0.00246. The quantitative estimate of drug-likeness (QED) is 0.901. The van der Waals surface area contributed by atoms with E-state index in [1.165, 1.54) is 5.56 Å². The molecule has 1 N–H and O–H groups in total. The number of hydrogen-bond donors (Lipinski definition) is 1. The van der Waals surface area contributed by atoms with Gasteiger partial charge in [0.25, 0.3) is 0 Å². The average Bonchev–Trinajstić information content (AvgIpc) is 3.03. The fourth-order valence-corrected chi connectivity index (χ4v) is 3.94. The van der Waals surface area contributed by atoms with E-state index in [1.54, 1.807) is 18.9 Å². The smallest absolute Gasteiger partial charge is 0.242 e. The number of benzene rings is 1. The first-order valence-electron chi connectivity index (χ1n) is 7.87. The van der Waals surface area contributed by atoms with Gasteiger partial charge in [0.05, 0.1) is 0 Å². The van der Waals surface area contributed by atoms with E-state index >= 15 is 0 Å². The Bertz CT molecular complexity index is 560. The molecule has 5 heteroatoms. The van der Waals surface area contributed by atoms with Crippen molar-refractivity contribution in [3.05, 3.63) is 35.9 Å². The van der Waals surface area contributed by atoms with Crippen LogP contribution in [0.3, 0.4) is 0 Å². The molecular formula is C17H23N3O2. The molecule has 2 heterocycles. The van der Waals surface area contributed by atoms with Crippen LogP contribution in [0.2, 0.25) is 0 Å². The highest BCUT2D eigenvalue weighted by molar-refractivity contribution is 5.87. The lowest BCUT2D eigenvalue weighted by atomic mass is 10.0. The monoisotopic (exact) mass is 301 g/mol. The molecular weight excluding hydrogens is 278 g/mol. The summed E-state index contributed by atoms with van der Waals surface area (Å²) in [6.45, 7) is 4.28. The van der Waals surface area contributed by atoms with Crippen molar-refractivity contribution in [2.45, 2.75) is 32.0 Å². The highest BCUT2D eigenvalue weighted by Crippen LogP contribution is 2.36. The van der Waals surface area contributed by atoms with Gasteiger partial charge in [-0.05, 0) is 17.9 Å². The SMILES string of the molecule is CNC(=O)[C@H]1C[C@@H]2CN(Cc3ccccc3)C[C@@H]2N1C(C)=O. The predicted molar refractivity (Wildman–Crippen MR) is 84.0 cm³/mol. The van der Waals surface area contributed by atoms with Crippen molar-refractivity contribution in [1.29, 1.82) is 0 Å². The van der Waals surface area contributed by atoms with Gasteiger partial charge in [-0.25, -0.2) is 0 Å². The van der Waals surface area contributed by atoms with Crippen molar-refractivity contribution in [1.82, 2.24) is 15.1 Å². The maximum atomic E-state index is 12.0. The van der Waals surface area contributed by atoms with Crippen LogP contribution in [-0.4, -0.2) is 53.8 Å². The topological polar surface area (TPSA) is 52.7 Å². The molecule has 0 radical (unpaired) electrons. The number of likely N-dealkylation sites (tertiary alicyclic amines) is 2. The van der Waals surface area contributed by atoms with Crippen LogP contribution in [0.1, 0.15) is 18.9 Å². The van der Waals surface area contributed by atoms with Crippen LogP contribution < -0.4 is 5.32 Å². The van der Waals surface area contributed by atoms with Crippen LogP contribution in [-0.2, 0) is 16.1 Å². The van der Waals surface area contributed by atoms with Crippen LogP contribution >= 0.6 is 0 Å². The van der Waals surface area contributed by atoms with E-state index < -0.39 is 0 Å². The number of carbonyl (C=O) groups excluding carboxylic acids is 2. The maximum Gasteiger partial charge on any atom is 0.242 e. The van der Waals surface area contributed by atoms with Gasteiger partial charge in [0.2, 0.25) is 11.8 Å². The number of nitrogens with zero attached hydrogens (tertiary/aromatic N) is 2. The van der Waals surface area contributed by atoms with Gasteiger partial charge < -0.3 is 10.2 Å². The van der Waals surface area contributed by atoms with E-state index in [0.717, 1.165) is 26.1 Å². The minimum Gasteiger partial charge on any atom is -0.357 e. The normalized spacial score (nSPS) is 27.7. The van der Waals surface area contributed by atoms with Gasteiger partial charge in [0.1, 0.15) is 6.04 Å². The fraction of sp³-hybridized carbons (Fsp3) is 0.529. The van der Waals surface area contributed by atoms with E-state index in [0.29, 0.717) is 5.92 Å². The van der Waals surface area contributed by atoms with Gasteiger partial charge in [0.15, 0.2) is 0 Å². The fourth-order valence-electron chi connectivity index (χ4n) is 3.94. The minimum atomic E-state index is -0.295. The van der Waals surface area contributed by atoms with Crippen molar-refractivity contribution in [3.8, 4) is 0 Å². The molecule has 2 aliphatic rings. The number of likely N-dealkylation sites (N-methyl/N-ethyl adjacent to an activating group) is 1. The van der Waals surface area contributed by atoms with Crippen LogP contribution in [0.5, 0.6) is 0 Å². The van der Waals surface area contributed by atoms with Crippen molar-refractivity contribution >= 4 is 11.8 Å². The Kier molecular flexibility index (Phi) is 4.16. The van der Waals surface area contributed by atoms with Crippen molar-refractivity contribution in [3.63, 3.8) is 0 Å². The summed E-state index contributed by atoms with van der Waals surface area (Å²) in [5.74, 6) is 0.358. The van der Waals surface area contributed by atoms with Crippen molar-refractivity contribution in [2.75, 3.05) is 20.1 Å². The highest BCUT2D eigenvalue weighted by atomic mass is 16.2. The summed E-state index contributed by atoms with van der Waals surface area (Å²) in [4.78, 5) is 28.2. The van der Waals surface area contributed by atoms with Crippen LogP contribution in [0.4, 0.5) is 0 Å².